The molecule has 1 aromatic heterocycles. The average Bonchev–Trinajstić information content (AvgIpc) is 3.29. The fourth-order valence-electron chi connectivity index (χ4n) is 2.07. The van der Waals surface area contributed by atoms with E-state index >= 15 is 0 Å². The van der Waals surface area contributed by atoms with Gasteiger partial charge in [0, 0.05) is 12.4 Å². The standard InChI is InChI=1S/C10H10N2.C9H7N2.Ir/c1-11-7-8-12(9-11)10-5-3-2-4-6-10;1-2-5-9(6-3-1)11-8-4-7-10-11;/h2-5,7-9H,1H3;1-5,7-8H;/q-2;-1;+3. The maximum atomic E-state index is 4.07. The van der Waals surface area contributed by atoms with E-state index < -0.39 is 0 Å². The Morgan fingerprint density at radius 2 is 1.62 bits per heavy atom. The summed E-state index contributed by atoms with van der Waals surface area (Å²) in [5, 5.41) is 4.07. The first-order valence-corrected chi connectivity index (χ1v) is 7.30. The molecule has 0 fully saturated rings. The minimum absolute atomic E-state index is 0. The summed E-state index contributed by atoms with van der Waals surface area (Å²) in [5.74, 6) is 0. The molecule has 0 spiro atoms. The van der Waals surface area contributed by atoms with Crippen LogP contribution in [0.25, 0.3) is 5.69 Å². The molecule has 0 atom stereocenters. The largest absolute Gasteiger partial charge is 3.00 e. The summed E-state index contributed by atoms with van der Waals surface area (Å²) in [5.41, 5.74) is 2.04. The molecule has 0 radical (unpaired) electrons. The monoisotopic (exact) mass is 494 g/mol. The van der Waals surface area contributed by atoms with Crippen LogP contribution >= 0.6 is 0 Å². The smallest absolute Gasteiger partial charge is 0.510 e. The van der Waals surface area contributed by atoms with Gasteiger partial charge in [-0.25, -0.2) is 0 Å². The van der Waals surface area contributed by atoms with E-state index in [-0.39, 0.29) is 20.1 Å². The summed E-state index contributed by atoms with van der Waals surface area (Å²) in [4.78, 5) is 4.03. The van der Waals surface area contributed by atoms with Crippen LogP contribution in [0, 0.1) is 18.8 Å². The third kappa shape index (κ3) is 4.82. The molecule has 0 aliphatic carbocycles. The van der Waals surface area contributed by atoms with Gasteiger partial charge in [0.05, 0.1) is 0 Å². The Hall–Kier alpha value is -2.36. The number of aromatic nitrogens is 2. The molecule has 1 aliphatic rings. The molecule has 0 bridgehead atoms. The third-order valence-corrected chi connectivity index (χ3v) is 3.18. The zero-order chi connectivity index (χ0) is 15.9. The molecule has 0 saturated carbocycles. The van der Waals surface area contributed by atoms with Gasteiger partial charge in [-0.2, -0.15) is 66.4 Å². The summed E-state index contributed by atoms with van der Waals surface area (Å²) < 4.78 is 1.78. The molecular weight excluding hydrogens is 476 g/mol. The predicted molar refractivity (Wildman–Crippen MR) is 91.4 cm³/mol. The van der Waals surface area contributed by atoms with E-state index in [2.05, 4.69) is 17.2 Å². The number of anilines is 1. The van der Waals surface area contributed by atoms with E-state index in [0.717, 1.165) is 11.4 Å². The SMILES string of the molecule is CN1C=CN(c2[c-]cccc2)[CH-]1.[Ir+3].[c-]1ccccc1-n1cccn1. The van der Waals surface area contributed by atoms with Crippen molar-refractivity contribution in [2.75, 3.05) is 11.9 Å². The second-order valence-corrected chi connectivity index (χ2v) is 4.93. The van der Waals surface area contributed by atoms with Crippen molar-refractivity contribution in [1.82, 2.24) is 14.7 Å². The molecule has 5 heteroatoms. The van der Waals surface area contributed by atoms with E-state index in [1.54, 1.807) is 10.9 Å². The number of para-hydroxylation sites is 2. The van der Waals surface area contributed by atoms with Crippen LogP contribution in [0.1, 0.15) is 0 Å². The molecule has 0 N–H and O–H groups in total. The van der Waals surface area contributed by atoms with E-state index in [1.807, 2.05) is 96.7 Å². The minimum Gasteiger partial charge on any atom is -0.510 e. The Morgan fingerprint density at radius 3 is 2.12 bits per heavy atom. The van der Waals surface area contributed by atoms with Crippen molar-refractivity contribution in [3.63, 3.8) is 0 Å². The van der Waals surface area contributed by atoms with Crippen LogP contribution in [0.2, 0.25) is 0 Å². The molecule has 24 heavy (non-hydrogen) atoms. The molecule has 2 aromatic carbocycles. The Morgan fingerprint density at radius 1 is 0.917 bits per heavy atom. The van der Waals surface area contributed by atoms with Gasteiger partial charge in [0.15, 0.2) is 0 Å². The quantitative estimate of drug-likeness (QED) is 0.511. The van der Waals surface area contributed by atoms with Gasteiger partial charge in [-0.05, 0) is 31.2 Å². The molecule has 2 heterocycles. The van der Waals surface area contributed by atoms with Crippen molar-refractivity contribution < 1.29 is 20.1 Å². The maximum Gasteiger partial charge on any atom is 3.00 e. The van der Waals surface area contributed by atoms with Crippen molar-refractivity contribution in [1.29, 1.82) is 0 Å². The number of nitrogens with zero attached hydrogens (tertiary/aromatic N) is 4. The van der Waals surface area contributed by atoms with Gasteiger partial charge in [-0.3, -0.25) is 4.68 Å². The van der Waals surface area contributed by atoms with Crippen LogP contribution in [0.3, 0.4) is 0 Å². The van der Waals surface area contributed by atoms with Gasteiger partial charge in [0.2, 0.25) is 0 Å². The molecule has 0 unspecified atom stereocenters. The fourth-order valence-corrected chi connectivity index (χ4v) is 2.07. The molecule has 0 saturated heterocycles. The van der Waals surface area contributed by atoms with Crippen molar-refractivity contribution in [2.24, 2.45) is 0 Å². The number of benzene rings is 2. The molecule has 0 amide bonds. The van der Waals surface area contributed by atoms with Gasteiger partial charge < -0.3 is 9.80 Å². The third-order valence-electron chi connectivity index (χ3n) is 3.18. The number of hydrogen-bond donors (Lipinski definition) is 0. The van der Waals surface area contributed by atoms with Gasteiger partial charge in [0.1, 0.15) is 0 Å². The second kappa shape index (κ2) is 9.06. The Labute approximate surface area is 156 Å². The number of hydrogen-bond acceptors (Lipinski definition) is 3. The van der Waals surface area contributed by atoms with E-state index in [4.69, 9.17) is 0 Å². The molecule has 3 aromatic rings. The summed E-state index contributed by atoms with van der Waals surface area (Å²) in [6.45, 7) is 2.01. The maximum absolute atomic E-state index is 4.07. The Bertz CT molecular complexity index is 727. The first kappa shape index (κ1) is 18.0. The van der Waals surface area contributed by atoms with E-state index in [0.29, 0.717) is 0 Å². The summed E-state index contributed by atoms with van der Waals surface area (Å²) in [6, 6.07) is 23.8. The minimum atomic E-state index is 0. The first-order valence-electron chi connectivity index (χ1n) is 7.30. The first-order chi connectivity index (χ1) is 11.3. The topological polar surface area (TPSA) is 24.3 Å². The summed E-state index contributed by atoms with van der Waals surface area (Å²) in [6.07, 6.45) is 7.65. The molecular formula is C19H17IrN4. The van der Waals surface area contributed by atoms with Crippen molar-refractivity contribution in [3.05, 3.63) is 98.2 Å². The zero-order valence-electron chi connectivity index (χ0n) is 13.2. The van der Waals surface area contributed by atoms with Crippen LogP contribution in [0.4, 0.5) is 5.69 Å². The van der Waals surface area contributed by atoms with Crippen LogP contribution < -0.4 is 4.90 Å². The van der Waals surface area contributed by atoms with Gasteiger partial charge in [0.25, 0.3) is 0 Å². The molecule has 4 nitrogen and oxygen atoms in total. The van der Waals surface area contributed by atoms with Crippen molar-refractivity contribution in [2.45, 2.75) is 0 Å². The normalized spacial score (nSPS) is 12.4. The summed E-state index contributed by atoms with van der Waals surface area (Å²) in [7, 11) is 2.00. The van der Waals surface area contributed by atoms with E-state index in [1.165, 1.54) is 0 Å². The van der Waals surface area contributed by atoms with Gasteiger partial charge in [-0.1, -0.05) is 0 Å². The average molecular weight is 494 g/mol. The van der Waals surface area contributed by atoms with Crippen LogP contribution in [-0.2, 0) is 20.1 Å². The fraction of sp³-hybridized carbons (Fsp3) is 0.0526. The summed E-state index contributed by atoms with van der Waals surface area (Å²) >= 11 is 0. The van der Waals surface area contributed by atoms with Crippen LogP contribution in [-0.4, -0.2) is 21.7 Å². The van der Waals surface area contributed by atoms with E-state index in [9.17, 15) is 0 Å². The molecule has 4 rings (SSSR count). The van der Waals surface area contributed by atoms with Crippen molar-refractivity contribution >= 4 is 5.69 Å². The predicted octanol–water partition coefficient (Wildman–Crippen LogP) is 3.50. The van der Waals surface area contributed by atoms with Crippen molar-refractivity contribution in [3.8, 4) is 5.69 Å². The van der Waals surface area contributed by atoms with Crippen LogP contribution in [0.15, 0.2) is 79.4 Å². The molecule has 1 aliphatic heterocycles. The number of rotatable bonds is 2. The van der Waals surface area contributed by atoms with Gasteiger partial charge >= 0.3 is 20.1 Å². The Balaban J connectivity index is 0.000000167. The molecule has 122 valence electrons. The zero-order valence-corrected chi connectivity index (χ0v) is 15.6. The van der Waals surface area contributed by atoms with Crippen LogP contribution in [0.5, 0.6) is 0 Å². The Kier molecular flexibility index (Phi) is 6.79. The second-order valence-electron chi connectivity index (χ2n) is 4.93. The van der Waals surface area contributed by atoms with Gasteiger partial charge in [-0.15, -0.1) is 11.8 Å².